The van der Waals surface area contributed by atoms with Gasteiger partial charge in [-0.1, -0.05) is 24.3 Å². The van der Waals surface area contributed by atoms with Crippen molar-refractivity contribution >= 4 is 22.6 Å². The Morgan fingerprint density at radius 2 is 1.94 bits per heavy atom. The number of H-pyrrole nitrogens is 2. The van der Waals surface area contributed by atoms with Crippen LogP contribution in [-0.4, -0.2) is 33.2 Å². The predicted octanol–water partition coefficient (Wildman–Crippen LogP) is 5.10. The summed E-state index contributed by atoms with van der Waals surface area (Å²) in [5.74, 6) is 1.62. The molecule has 7 nitrogen and oxygen atoms in total. The van der Waals surface area contributed by atoms with Crippen molar-refractivity contribution in [3.63, 3.8) is 0 Å². The molecule has 0 fully saturated rings. The normalized spacial score (nSPS) is 12.3. The quantitative estimate of drug-likeness (QED) is 0.327. The third kappa shape index (κ3) is 4.05. The lowest BCUT2D eigenvalue weighted by atomic mass is 9.89. The first-order valence-corrected chi connectivity index (χ1v) is 11.8. The summed E-state index contributed by atoms with van der Waals surface area (Å²) in [6, 6.07) is 22.0. The number of rotatable bonds is 6. The zero-order chi connectivity index (χ0) is 23.8. The first-order chi connectivity index (χ1) is 17.2. The van der Waals surface area contributed by atoms with Crippen LogP contribution >= 0.6 is 0 Å². The van der Waals surface area contributed by atoms with E-state index in [-0.39, 0.29) is 5.91 Å². The minimum atomic E-state index is -0.176. The molecular formula is C28H25N5O2. The van der Waals surface area contributed by atoms with Gasteiger partial charge in [0.25, 0.3) is 5.91 Å². The van der Waals surface area contributed by atoms with E-state index in [2.05, 4.69) is 31.5 Å². The Hall–Kier alpha value is -4.39. The molecule has 0 radical (unpaired) electrons. The molecule has 5 aromatic rings. The minimum absolute atomic E-state index is 0.176. The van der Waals surface area contributed by atoms with Crippen LogP contribution < -0.4 is 10.1 Å². The van der Waals surface area contributed by atoms with Crippen LogP contribution in [0.5, 0.6) is 5.75 Å². The number of imidazole rings is 1. The summed E-state index contributed by atoms with van der Waals surface area (Å²) in [7, 11) is 1.67. The maximum absolute atomic E-state index is 13.1. The van der Waals surface area contributed by atoms with Gasteiger partial charge in [0.1, 0.15) is 17.3 Å². The Balaban J connectivity index is 1.17. The molecule has 0 aliphatic heterocycles. The molecular weight excluding hydrogens is 438 g/mol. The highest BCUT2D eigenvalue weighted by Gasteiger charge is 2.25. The molecule has 0 bridgehead atoms. The average molecular weight is 464 g/mol. The van der Waals surface area contributed by atoms with Gasteiger partial charge in [-0.25, -0.2) is 4.98 Å². The van der Waals surface area contributed by atoms with E-state index in [1.54, 1.807) is 7.11 Å². The number of hydrogen-bond acceptors (Lipinski definition) is 4. The first kappa shape index (κ1) is 21.2. The Kier molecular flexibility index (Phi) is 5.29. The van der Waals surface area contributed by atoms with Crippen LogP contribution in [0.3, 0.4) is 0 Å². The zero-order valence-corrected chi connectivity index (χ0v) is 19.4. The second kappa shape index (κ2) is 8.76. The number of amides is 1. The number of anilines is 1. The number of nitrogens with one attached hydrogen (secondary N) is 3. The smallest absolute Gasteiger partial charge is 0.273 e. The topological polar surface area (TPSA) is 95.7 Å². The molecule has 174 valence electrons. The van der Waals surface area contributed by atoms with Crippen LogP contribution in [0.1, 0.15) is 33.0 Å². The minimum Gasteiger partial charge on any atom is -0.497 e. The lowest BCUT2D eigenvalue weighted by molar-refractivity contribution is 0.102. The van der Waals surface area contributed by atoms with Gasteiger partial charge in [-0.2, -0.15) is 5.10 Å². The summed E-state index contributed by atoms with van der Waals surface area (Å²) < 4.78 is 5.35. The molecule has 1 aliphatic carbocycles. The van der Waals surface area contributed by atoms with Crippen LogP contribution in [0.15, 0.2) is 66.7 Å². The highest BCUT2D eigenvalue weighted by molar-refractivity contribution is 6.05. The van der Waals surface area contributed by atoms with Crippen LogP contribution in [-0.2, 0) is 25.7 Å². The molecule has 3 aromatic carbocycles. The Labute approximate surface area is 202 Å². The van der Waals surface area contributed by atoms with Gasteiger partial charge in [0, 0.05) is 23.2 Å². The fraction of sp³-hybridized carbons (Fsp3) is 0.179. The SMILES string of the molecule is COc1ccc2c(c1)CCc1c-2n[nH]c1C(=O)Nc1cccc(CCc2nc3ccccc3[nH]2)c1. The summed E-state index contributed by atoms with van der Waals surface area (Å²) in [6.45, 7) is 0. The van der Waals surface area contributed by atoms with E-state index in [0.717, 1.165) is 76.4 Å². The maximum atomic E-state index is 13.1. The summed E-state index contributed by atoms with van der Waals surface area (Å²) in [5, 5.41) is 10.5. The van der Waals surface area contributed by atoms with Crippen LogP contribution in [0.2, 0.25) is 0 Å². The number of fused-ring (bicyclic) bond motifs is 4. The lowest BCUT2D eigenvalue weighted by Gasteiger charge is -2.17. The average Bonchev–Trinajstić information content (AvgIpc) is 3.51. The van der Waals surface area contributed by atoms with E-state index in [1.165, 1.54) is 5.56 Å². The van der Waals surface area contributed by atoms with Gasteiger partial charge in [-0.3, -0.25) is 9.89 Å². The zero-order valence-electron chi connectivity index (χ0n) is 19.4. The summed E-state index contributed by atoms with van der Waals surface area (Å²) >= 11 is 0. The van der Waals surface area contributed by atoms with E-state index in [4.69, 9.17) is 4.74 Å². The second-order valence-corrected chi connectivity index (χ2v) is 8.80. The number of carbonyl (C=O) groups is 1. The van der Waals surface area contributed by atoms with Crippen LogP contribution in [0.4, 0.5) is 5.69 Å². The summed E-state index contributed by atoms with van der Waals surface area (Å²) in [4.78, 5) is 21.2. The third-order valence-electron chi connectivity index (χ3n) is 6.58. The van der Waals surface area contributed by atoms with Gasteiger partial charge < -0.3 is 15.0 Å². The number of methoxy groups -OCH3 is 1. The third-order valence-corrected chi connectivity index (χ3v) is 6.58. The standard InChI is InChI=1S/C28H25N5O2/c1-35-20-11-13-21-18(16-20)10-12-22-26(21)32-33-27(22)28(34)29-19-6-4-5-17(15-19)9-14-25-30-23-7-2-3-8-24(23)31-25/h2-8,11,13,15-16H,9-10,12,14H2,1H3,(H,29,34)(H,30,31)(H,32,33). The number of benzene rings is 3. The van der Waals surface area contributed by atoms with E-state index in [0.29, 0.717) is 5.69 Å². The molecule has 6 rings (SSSR count). The summed E-state index contributed by atoms with van der Waals surface area (Å²) in [6.07, 6.45) is 3.22. The lowest BCUT2D eigenvalue weighted by Crippen LogP contribution is -2.16. The summed E-state index contributed by atoms with van der Waals surface area (Å²) in [5.41, 5.74) is 8.50. The van der Waals surface area contributed by atoms with Crippen molar-refractivity contribution in [1.82, 2.24) is 20.2 Å². The molecule has 7 heteroatoms. The first-order valence-electron chi connectivity index (χ1n) is 11.8. The van der Waals surface area contributed by atoms with E-state index in [1.807, 2.05) is 60.7 Å². The molecule has 0 unspecified atom stereocenters. The van der Waals surface area contributed by atoms with Gasteiger partial charge in [-0.15, -0.1) is 0 Å². The van der Waals surface area contributed by atoms with Crippen molar-refractivity contribution in [3.8, 4) is 17.0 Å². The van der Waals surface area contributed by atoms with Crippen LogP contribution in [0.25, 0.3) is 22.3 Å². The van der Waals surface area contributed by atoms with Gasteiger partial charge in [0.05, 0.1) is 23.8 Å². The highest BCUT2D eigenvalue weighted by atomic mass is 16.5. The number of aromatic amines is 2. The van der Waals surface area contributed by atoms with Crippen molar-refractivity contribution in [2.75, 3.05) is 12.4 Å². The predicted molar refractivity (Wildman–Crippen MR) is 136 cm³/mol. The van der Waals surface area contributed by atoms with Gasteiger partial charge in [0.15, 0.2) is 0 Å². The number of aromatic nitrogens is 4. The molecule has 0 saturated heterocycles. The molecule has 0 spiro atoms. The van der Waals surface area contributed by atoms with E-state index in [9.17, 15) is 4.79 Å². The molecule has 0 saturated carbocycles. The molecule has 1 amide bonds. The molecule has 2 heterocycles. The second-order valence-electron chi connectivity index (χ2n) is 8.80. The largest absolute Gasteiger partial charge is 0.497 e. The molecule has 2 aromatic heterocycles. The van der Waals surface area contributed by atoms with Gasteiger partial charge in [-0.05, 0) is 72.9 Å². The molecule has 1 aliphatic rings. The number of aryl methyl sites for hydroxylation is 3. The Bertz CT molecular complexity index is 1520. The fourth-order valence-corrected chi connectivity index (χ4v) is 4.80. The van der Waals surface area contributed by atoms with E-state index >= 15 is 0 Å². The van der Waals surface area contributed by atoms with Crippen molar-refractivity contribution < 1.29 is 9.53 Å². The molecule has 3 N–H and O–H groups in total. The van der Waals surface area contributed by atoms with Crippen molar-refractivity contribution in [2.24, 2.45) is 0 Å². The number of hydrogen-bond donors (Lipinski definition) is 3. The Morgan fingerprint density at radius 1 is 1.03 bits per heavy atom. The van der Waals surface area contributed by atoms with Crippen LogP contribution in [0, 0.1) is 0 Å². The fourth-order valence-electron chi connectivity index (χ4n) is 4.80. The van der Waals surface area contributed by atoms with Crippen molar-refractivity contribution in [2.45, 2.75) is 25.7 Å². The number of ether oxygens (including phenoxy) is 1. The van der Waals surface area contributed by atoms with Crippen molar-refractivity contribution in [1.29, 1.82) is 0 Å². The van der Waals surface area contributed by atoms with Gasteiger partial charge in [0.2, 0.25) is 0 Å². The highest BCUT2D eigenvalue weighted by Crippen LogP contribution is 2.35. The maximum Gasteiger partial charge on any atom is 0.273 e. The number of nitrogens with zero attached hydrogens (tertiary/aromatic N) is 2. The Morgan fingerprint density at radius 3 is 2.83 bits per heavy atom. The molecule has 35 heavy (non-hydrogen) atoms. The number of para-hydroxylation sites is 2. The van der Waals surface area contributed by atoms with E-state index < -0.39 is 0 Å². The van der Waals surface area contributed by atoms with Gasteiger partial charge >= 0.3 is 0 Å². The number of carbonyl (C=O) groups excluding carboxylic acids is 1. The monoisotopic (exact) mass is 463 g/mol. The van der Waals surface area contributed by atoms with Crippen molar-refractivity contribution in [3.05, 3.63) is 94.9 Å². The molecule has 0 atom stereocenters.